The molecule has 1 heteroatoms. The van der Waals surface area contributed by atoms with Gasteiger partial charge in [-0.05, 0) is 0 Å². The van der Waals surface area contributed by atoms with Gasteiger partial charge >= 0.3 is 311 Å². The van der Waals surface area contributed by atoms with Gasteiger partial charge in [0.2, 0.25) is 0 Å². The van der Waals surface area contributed by atoms with Gasteiger partial charge in [-0.25, -0.2) is 0 Å². The number of rotatable bonds is 6. The van der Waals surface area contributed by atoms with E-state index < -0.39 is 20.0 Å². The summed E-state index contributed by atoms with van der Waals surface area (Å²) in [6.45, 7) is 23.7. The van der Waals surface area contributed by atoms with Crippen LogP contribution < -0.4 is 0 Å². The number of fused-ring (bicyclic) bond motifs is 6. The zero-order valence-corrected chi connectivity index (χ0v) is 36.6. The molecule has 2 atom stereocenters. The summed E-state index contributed by atoms with van der Waals surface area (Å²) in [7, 11) is 0. The number of hydrogen-bond acceptors (Lipinski definition) is 0. The molecule has 4 aromatic carbocycles. The molecular weight excluding hydrogens is 767 g/mol. The van der Waals surface area contributed by atoms with E-state index in [0.29, 0.717) is 19.2 Å². The van der Waals surface area contributed by atoms with Crippen molar-refractivity contribution >= 4 is 12.2 Å². The predicted molar refractivity (Wildman–Crippen MR) is 216 cm³/mol. The van der Waals surface area contributed by atoms with E-state index in [9.17, 15) is 0 Å². The molecule has 7 rings (SSSR count). The summed E-state index contributed by atoms with van der Waals surface area (Å²) in [6, 6.07) is 33.5. The molecule has 1 fully saturated rings. The van der Waals surface area contributed by atoms with Crippen LogP contribution in [0.1, 0.15) is 123 Å². The Balaban J connectivity index is 1.44. The zero-order valence-electron chi connectivity index (χ0n) is 33.0. The third kappa shape index (κ3) is 5.83. The molecule has 0 aromatic heterocycles. The first-order valence-corrected chi connectivity index (χ1v) is 30.7. The second kappa shape index (κ2) is 12.4. The predicted octanol–water partition coefficient (Wildman–Crippen LogP) is 14.5. The fourth-order valence-electron chi connectivity index (χ4n) is 10.3. The molecule has 4 aromatic rings. The Kier molecular flexibility index (Phi) is 8.86. The van der Waals surface area contributed by atoms with Crippen molar-refractivity contribution in [2.75, 3.05) is 0 Å². The van der Waals surface area contributed by atoms with E-state index in [4.69, 9.17) is 0 Å². The van der Waals surface area contributed by atoms with Gasteiger partial charge in [-0.15, -0.1) is 0 Å². The van der Waals surface area contributed by atoms with Crippen LogP contribution in [0.4, 0.5) is 0 Å². The first-order chi connectivity index (χ1) is 23.4. The fraction of sp³-hybridized carbons (Fsp3) is 0.429. The topological polar surface area (TPSA) is 0 Å². The van der Waals surface area contributed by atoms with Crippen molar-refractivity contribution in [1.29, 1.82) is 0 Å². The maximum atomic E-state index is 2.80. The summed E-state index contributed by atoms with van der Waals surface area (Å²) in [6.07, 6.45) is 7.91. The maximum absolute atomic E-state index is 3.20. The van der Waals surface area contributed by atoms with Crippen LogP contribution in [0.3, 0.4) is 0 Å². The molecule has 0 nitrogen and oxygen atoms in total. The van der Waals surface area contributed by atoms with E-state index in [1.165, 1.54) is 57.3 Å². The van der Waals surface area contributed by atoms with Gasteiger partial charge < -0.3 is 0 Å². The summed E-state index contributed by atoms with van der Waals surface area (Å²) < 4.78 is 6.79. The van der Waals surface area contributed by atoms with Crippen LogP contribution >= 0.6 is 0 Å². The van der Waals surface area contributed by atoms with Crippen molar-refractivity contribution in [3.05, 3.63) is 129 Å². The van der Waals surface area contributed by atoms with Crippen molar-refractivity contribution in [3.63, 3.8) is 0 Å². The quantitative estimate of drug-likeness (QED) is 0.170. The molecule has 1 aliphatic heterocycles. The Hall–Kier alpha value is -2.77. The Bertz CT molecular complexity index is 1840. The van der Waals surface area contributed by atoms with Crippen molar-refractivity contribution < 1.29 is 20.0 Å². The van der Waals surface area contributed by atoms with E-state index in [0.717, 1.165) is 0 Å². The molecule has 3 aliphatic rings. The van der Waals surface area contributed by atoms with E-state index >= 15 is 0 Å². The summed E-state index contributed by atoms with van der Waals surface area (Å²) >= 11 is -3.20. The third-order valence-corrected chi connectivity index (χ3v) is 27.5. The van der Waals surface area contributed by atoms with E-state index in [2.05, 4.69) is 176 Å². The van der Waals surface area contributed by atoms with E-state index in [1.807, 2.05) is 0 Å². The second-order valence-corrected chi connectivity index (χ2v) is 36.7. The molecule has 1 heterocycles. The Morgan fingerprint density at radius 1 is 0.540 bits per heavy atom. The third-order valence-electron chi connectivity index (χ3n) is 12.4. The van der Waals surface area contributed by atoms with E-state index in [-0.39, 0.29) is 16.2 Å². The number of allylic oxidation sites excluding steroid dienone is 2. The molecule has 0 radical (unpaired) electrons. The Morgan fingerprint density at radius 3 is 1.22 bits per heavy atom. The van der Waals surface area contributed by atoms with Gasteiger partial charge in [0, 0.05) is 0 Å². The van der Waals surface area contributed by atoms with Crippen LogP contribution in [0.5, 0.6) is 0 Å². The van der Waals surface area contributed by atoms with Gasteiger partial charge in [-0.3, -0.25) is 0 Å². The molecule has 0 spiro atoms. The van der Waals surface area contributed by atoms with E-state index in [1.54, 1.807) is 22.3 Å². The van der Waals surface area contributed by atoms with Crippen LogP contribution in [-0.4, -0.2) is 0 Å². The summed E-state index contributed by atoms with van der Waals surface area (Å²) in [4.78, 5) is 0. The molecular formula is C49H60Hf. The van der Waals surface area contributed by atoms with Crippen molar-refractivity contribution in [1.82, 2.24) is 0 Å². The first kappa shape index (κ1) is 35.6. The van der Waals surface area contributed by atoms with Gasteiger partial charge in [0.15, 0.2) is 0 Å². The average molecular weight is 828 g/mol. The van der Waals surface area contributed by atoms with Gasteiger partial charge in [0.25, 0.3) is 0 Å². The molecule has 0 saturated carbocycles. The summed E-state index contributed by atoms with van der Waals surface area (Å²) in [5, 5.41) is 0. The SMILES string of the molecule is CC(C)CC1(CC(C)C)C2=Cc3c(-c4ccc(C(C)(C)C)cc4)cccc3[CH]2[Hf]([CH3])([CH3])[CH]2C1=Cc1c(-c3ccc(C(C)(C)C)cc3)cccc12. The molecule has 0 N–H and O–H groups in total. The molecule has 0 bridgehead atoms. The van der Waals surface area contributed by atoms with Crippen molar-refractivity contribution in [2.24, 2.45) is 17.3 Å². The van der Waals surface area contributed by atoms with Crippen molar-refractivity contribution in [2.45, 2.75) is 110 Å². The minimum atomic E-state index is -3.20. The van der Waals surface area contributed by atoms with Crippen LogP contribution in [0.15, 0.2) is 96.1 Å². The van der Waals surface area contributed by atoms with Crippen molar-refractivity contribution in [3.8, 4) is 22.3 Å². The summed E-state index contributed by atoms with van der Waals surface area (Å²) in [5.41, 5.74) is 18.5. The zero-order chi connectivity index (χ0) is 36.0. The van der Waals surface area contributed by atoms with Crippen LogP contribution in [0.2, 0.25) is 9.36 Å². The molecule has 50 heavy (non-hydrogen) atoms. The normalized spacial score (nSPS) is 20.3. The van der Waals surface area contributed by atoms with Gasteiger partial charge in [-0.2, -0.15) is 0 Å². The monoisotopic (exact) mass is 828 g/mol. The Labute approximate surface area is 308 Å². The molecule has 2 aliphatic carbocycles. The standard InChI is InChI=1S/C47H54.2CH3.Hf/c1-31(2)29-47(30-32(3)4,39-25-35-13-11-15-41(43(35)27-39)33-17-21-37(22-18-33)45(5,6)7)40-26-36-14-12-16-42(44(36)28-40)34-19-23-38(24-20-34)46(8,9)10;;;/h11-28,31-32H,29-30H2,1-10H3;2*1H3;. The van der Waals surface area contributed by atoms with Crippen LogP contribution in [0, 0.1) is 17.3 Å². The molecule has 260 valence electrons. The second-order valence-electron chi connectivity index (χ2n) is 19.4. The van der Waals surface area contributed by atoms with Crippen LogP contribution in [-0.2, 0) is 30.8 Å². The molecule has 0 amide bonds. The average Bonchev–Trinajstić information content (AvgIpc) is 3.64. The first-order valence-electron chi connectivity index (χ1n) is 19.4. The minimum absolute atomic E-state index is 0.0615. The van der Waals surface area contributed by atoms with Gasteiger partial charge in [0.05, 0.1) is 0 Å². The van der Waals surface area contributed by atoms with Crippen LogP contribution in [0.25, 0.3) is 34.4 Å². The number of hydrogen-bond donors (Lipinski definition) is 0. The molecule has 1 saturated heterocycles. The fourth-order valence-corrected chi connectivity index (χ4v) is 27.4. The summed E-state index contributed by atoms with van der Waals surface area (Å²) in [5.74, 6) is 1.21. The van der Waals surface area contributed by atoms with Gasteiger partial charge in [-0.1, -0.05) is 0 Å². The van der Waals surface area contributed by atoms with Gasteiger partial charge in [0.1, 0.15) is 0 Å². The number of benzene rings is 4. The Morgan fingerprint density at radius 2 is 0.900 bits per heavy atom. The molecule has 2 unspecified atom stereocenters.